The van der Waals surface area contributed by atoms with E-state index < -0.39 is 12.9 Å². The van der Waals surface area contributed by atoms with Crippen LogP contribution in [0.2, 0.25) is 0 Å². The first-order valence-corrected chi connectivity index (χ1v) is 7.33. The third-order valence-corrected chi connectivity index (χ3v) is 3.29. The Kier molecular flexibility index (Phi) is 4.78. The van der Waals surface area contributed by atoms with Crippen LogP contribution in [0.3, 0.4) is 0 Å². The standard InChI is InChI=1S/C16H14BFN4O3/c18-14-9-19-16(21-12-5-2-6-13(23)8-12)22-15(14)20-11-4-1-3-10(7-11)17(24)25/h1-9,23-25H,(H2,19,20,21,22). The number of phenolic OH excluding ortho intramolecular Hbond substituents is 1. The van der Waals surface area contributed by atoms with E-state index in [2.05, 4.69) is 20.6 Å². The van der Waals surface area contributed by atoms with Crippen LogP contribution in [0.5, 0.6) is 5.75 Å². The Balaban J connectivity index is 1.83. The van der Waals surface area contributed by atoms with Gasteiger partial charge in [0, 0.05) is 17.4 Å². The van der Waals surface area contributed by atoms with E-state index >= 15 is 0 Å². The number of aromatic hydroxyl groups is 1. The molecule has 0 fully saturated rings. The Morgan fingerprint density at radius 3 is 2.40 bits per heavy atom. The second-order valence-corrected chi connectivity index (χ2v) is 5.19. The van der Waals surface area contributed by atoms with Gasteiger partial charge in [-0.3, -0.25) is 0 Å². The number of phenols is 1. The monoisotopic (exact) mass is 340 g/mol. The van der Waals surface area contributed by atoms with Gasteiger partial charge in [0.15, 0.2) is 11.6 Å². The molecule has 0 saturated carbocycles. The summed E-state index contributed by atoms with van der Waals surface area (Å²) in [5.41, 5.74) is 1.24. The van der Waals surface area contributed by atoms with E-state index in [9.17, 15) is 19.5 Å². The molecule has 0 aliphatic carbocycles. The smallest absolute Gasteiger partial charge is 0.488 e. The van der Waals surface area contributed by atoms with Crippen molar-refractivity contribution in [1.29, 1.82) is 0 Å². The van der Waals surface area contributed by atoms with Gasteiger partial charge in [0.2, 0.25) is 5.95 Å². The number of halogens is 1. The van der Waals surface area contributed by atoms with Crippen molar-refractivity contribution < 1.29 is 19.5 Å². The average Bonchev–Trinajstić information content (AvgIpc) is 2.58. The molecule has 1 aromatic heterocycles. The van der Waals surface area contributed by atoms with Crippen LogP contribution in [0.1, 0.15) is 0 Å². The van der Waals surface area contributed by atoms with Crippen molar-refractivity contribution in [3.63, 3.8) is 0 Å². The molecular formula is C16H14BFN4O3. The predicted octanol–water partition coefficient (Wildman–Crippen LogP) is 1.49. The van der Waals surface area contributed by atoms with Gasteiger partial charge in [-0.25, -0.2) is 9.37 Å². The van der Waals surface area contributed by atoms with E-state index in [4.69, 9.17) is 0 Å². The average molecular weight is 340 g/mol. The van der Waals surface area contributed by atoms with Crippen molar-refractivity contribution in [2.45, 2.75) is 0 Å². The van der Waals surface area contributed by atoms with Gasteiger partial charge < -0.3 is 25.8 Å². The lowest BCUT2D eigenvalue weighted by Gasteiger charge is -2.10. The molecule has 0 radical (unpaired) electrons. The molecule has 0 aliphatic rings. The topological polar surface area (TPSA) is 111 Å². The van der Waals surface area contributed by atoms with Crippen molar-refractivity contribution in [3.8, 4) is 5.75 Å². The van der Waals surface area contributed by atoms with E-state index in [0.29, 0.717) is 11.4 Å². The molecule has 0 bridgehead atoms. The summed E-state index contributed by atoms with van der Waals surface area (Å²) in [6.45, 7) is 0. The minimum Gasteiger partial charge on any atom is -0.508 e. The number of hydrogen-bond acceptors (Lipinski definition) is 7. The minimum atomic E-state index is -1.63. The lowest BCUT2D eigenvalue weighted by Crippen LogP contribution is -2.29. The van der Waals surface area contributed by atoms with Crippen molar-refractivity contribution in [3.05, 3.63) is 60.5 Å². The molecule has 3 rings (SSSR count). The molecule has 0 saturated heterocycles. The molecule has 0 aliphatic heterocycles. The van der Waals surface area contributed by atoms with Crippen LogP contribution in [0.4, 0.5) is 27.5 Å². The normalized spacial score (nSPS) is 10.4. The van der Waals surface area contributed by atoms with Crippen LogP contribution >= 0.6 is 0 Å². The summed E-state index contributed by atoms with van der Waals surface area (Å²) in [5.74, 6) is -0.545. The minimum absolute atomic E-state index is 0.0739. The van der Waals surface area contributed by atoms with E-state index in [-0.39, 0.29) is 23.0 Å². The fourth-order valence-electron chi connectivity index (χ4n) is 2.14. The number of rotatable bonds is 5. The third-order valence-electron chi connectivity index (χ3n) is 3.29. The van der Waals surface area contributed by atoms with Crippen LogP contribution in [0, 0.1) is 5.82 Å². The fraction of sp³-hybridized carbons (Fsp3) is 0. The molecule has 2 aromatic carbocycles. The van der Waals surface area contributed by atoms with E-state index in [1.54, 1.807) is 24.3 Å². The van der Waals surface area contributed by atoms with E-state index in [1.807, 2.05) is 0 Å². The van der Waals surface area contributed by atoms with Crippen LogP contribution in [0.15, 0.2) is 54.7 Å². The Bertz CT molecular complexity index is 895. The van der Waals surface area contributed by atoms with E-state index in [1.165, 1.54) is 24.3 Å². The summed E-state index contributed by atoms with van der Waals surface area (Å²) in [6, 6.07) is 12.6. The van der Waals surface area contributed by atoms with Crippen molar-refractivity contribution in [1.82, 2.24) is 9.97 Å². The van der Waals surface area contributed by atoms with Crippen LogP contribution < -0.4 is 16.1 Å². The van der Waals surface area contributed by atoms with Gasteiger partial charge in [0.1, 0.15) is 5.75 Å². The first kappa shape index (κ1) is 16.7. The first-order chi connectivity index (χ1) is 12.0. The van der Waals surface area contributed by atoms with Crippen molar-refractivity contribution in [2.24, 2.45) is 0 Å². The zero-order valence-corrected chi connectivity index (χ0v) is 12.9. The molecule has 9 heteroatoms. The van der Waals surface area contributed by atoms with Gasteiger partial charge in [0.25, 0.3) is 0 Å². The van der Waals surface area contributed by atoms with Gasteiger partial charge in [-0.1, -0.05) is 18.2 Å². The highest BCUT2D eigenvalue weighted by atomic mass is 19.1. The van der Waals surface area contributed by atoms with Gasteiger partial charge >= 0.3 is 7.12 Å². The Morgan fingerprint density at radius 2 is 1.68 bits per heavy atom. The summed E-state index contributed by atoms with van der Waals surface area (Å²) >= 11 is 0. The van der Waals surface area contributed by atoms with Gasteiger partial charge in [0.05, 0.1) is 6.20 Å². The SMILES string of the molecule is OB(O)c1cccc(Nc2nc(Nc3cccc(O)c3)ncc2F)c1. The second-order valence-electron chi connectivity index (χ2n) is 5.19. The van der Waals surface area contributed by atoms with Gasteiger partial charge in [-0.05, 0) is 29.7 Å². The molecule has 0 spiro atoms. The molecule has 25 heavy (non-hydrogen) atoms. The quantitative estimate of drug-likeness (QED) is 0.448. The highest BCUT2D eigenvalue weighted by Gasteiger charge is 2.12. The number of aromatic nitrogens is 2. The van der Waals surface area contributed by atoms with Crippen LogP contribution in [0.25, 0.3) is 0 Å². The number of hydrogen-bond donors (Lipinski definition) is 5. The second kappa shape index (κ2) is 7.16. The van der Waals surface area contributed by atoms with E-state index in [0.717, 1.165) is 6.20 Å². The molecule has 3 aromatic rings. The van der Waals surface area contributed by atoms with Crippen molar-refractivity contribution in [2.75, 3.05) is 10.6 Å². The molecule has 126 valence electrons. The number of benzene rings is 2. The van der Waals surface area contributed by atoms with Gasteiger partial charge in [-0.15, -0.1) is 0 Å². The number of nitrogens with zero attached hydrogens (tertiary/aromatic N) is 2. The summed E-state index contributed by atoms with van der Waals surface area (Å²) in [5, 5.41) is 33.5. The Morgan fingerprint density at radius 1 is 0.960 bits per heavy atom. The number of nitrogens with one attached hydrogen (secondary N) is 2. The maximum Gasteiger partial charge on any atom is 0.488 e. The third kappa shape index (κ3) is 4.22. The van der Waals surface area contributed by atoms with Crippen molar-refractivity contribution >= 4 is 35.7 Å². The fourth-order valence-corrected chi connectivity index (χ4v) is 2.14. The van der Waals surface area contributed by atoms with Crippen LogP contribution in [-0.4, -0.2) is 32.2 Å². The van der Waals surface area contributed by atoms with Crippen LogP contribution in [-0.2, 0) is 0 Å². The largest absolute Gasteiger partial charge is 0.508 e. The maximum absolute atomic E-state index is 14.0. The molecule has 1 heterocycles. The van der Waals surface area contributed by atoms with Gasteiger partial charge in [-0.2, -0.15) is 4.98 Å². The summed E-state index contributed by atoms with van der Waals surface area (Å²) in [7, 11) is -1.63. The predicted molar refractivity (Wildman–Crippen MR) is 92.9 cm³/mol. The molecule has 5 N–H and O–H groups in total. The summed E-state index contributed by atoms with van der Waals surface area (Å²) in [4.78, 5) is 7.90. The maximum atomic E-state index is 14.0. The molecular weight excluding hydrogens is 326 g/mol. The highest BCUT2D eigenvalue weighted by molar-refractivity contribution is 6.58. The zero-order chi connectivity index (χ0) is 17.8. The summed E-state index contributed by atoms with van der Waals surface area (Å²) in [6.07, 6.45) is 1.01. The molecule has 0 amide bonds. The zero-order valence-electron chi connectivity index (χ0n) is 12.9. The highest BCUT2D eigenvalue weighted by Crippen LogP contribution is 2.21. The lowest BCUT2D eigenvalue weighted by molar-refractivity contribution is 0.426. The number of anilines is 4. The summed E-state index contributed by atoms with van der Waals surface area (Å²) < 4.78 is 14.0. The molecule has 0 atom stereocenters. The first-order valence-electron chi connectivity index (χ1n) is 7.33. The lowest BCUT2D eigenvalue weighted by atomic mass is 9.80. The molecule has 0 unspecified atom stereocenters. The Labute approximate surface area is 143 Å². The Hall–Kier alpha value is -3.17. The molecule has 7 nitrogen and oxygen atoms in total.